The number of nitrogens with one attached hydrogen (secondary N) is 2. The highest BCUT2D eigenvalue weighted by molar-refractivity contribution is 7.91. The second kappa shape index (κ2) is 14.1. The molecule has 0 saturated carbocycles. The van der Waals surface area contributed by atoms with Gasteiger partial charge in [0.1, 0.15) is 28.9 Å². The number of hydrogen-bond donors (Lipinski definition) is 2. The Balaban J connectivity index is 1.34. The number of hydrogen-bond acceptors (Lipinski definition) is 8. The Hall–Kier alpha value is -2.78. The fourth-order valence-corrected chi connectivity index (χ4v) is 9.55. The fraction of sp³-hybridized carbons (Fsp3) is 0.500. The molecule has 14 heteroatoms. The van der Waals surface area contributed by atoms with Gasteiger partial charge in [-0.25, -0.2) is 26.0 Å². The van der Waals surface area contributed by atoms with Crippen molar-refractivity contribution in [2.45, 2.75) is 50.1 Å². The van der Waals surface area contributed by atoms with Crippen molar-refractivity contribution in [1.82, 2.24) is 4.90 Å². The first-order chi connectivity index (χ1) is 21.8. The van der Waals surface area contributed by atoms with E-state index in [1.165, 1.54) is 7.11 Å². The molecule has 5 rings (SSSR count). The molecular weight excluding hydrogens is 661 g/mol. The van der Waals surface area contributed by atoms with E-state index in [1.54, 1.807) is 49.7 Å². The van der Waals surface area contributed by atoms with Crippen LogP contribution in [0.25, 0.3) is 10.1 Å². The summed E-state index contributed by atoms with van der Waals surface area (Å²) in [7, 11) is -4.02. The number of halogens is 4. The molecule has 3 aromatic rings. The third-order valence-electron chi connectivity index (χ3n) is 8.58. The molecule has 3 heterocycles. The molecular formula is C32H38F4N3O4PS2. The highest BCUT2D eigenvalue weighted by Crippen LogP contribution is 2.43. The van der Waals surface area contributed by atoms with Gasteiger partial charge in [0.2, 0.25) is 0 Å². The molecule has 0 aliphatic carbocycles. The van der Waals surface area contributed by atoms with Crippen LogP contribution >= 0.6 is 18.5 Å². The largest absolute Gasteiger partial charge is 0.495 e. The van der Waals surface area contributed by atoms with Gasteiger partial charge in [0.15, 0.2) is 6.17 Å². The summed E-state index contributed by atoms with van der Waals surface area (Å²) >= 11 is 1.08. The number of rotatable bonds is 9. The molecule has 1 aromatic heterocycles. The number of thiophene rings is 1. The van der Waals surface area contributed by atoms with Gasteiger partial charge in [0.25, 0.3) is 6.43 Å². The molecule has 2 saturated heterocycles. The number of alkyl halides is 4. The topological polar surface area (TPSA) is 87.7 Å². The quantitative estimate of drug-likeness (QED) is 0.154. The lowest BCUT2D eigenvalue weighted by atomic mass is 9.98. The number of piperidine rings is 1. The van der Waals surface area contributed by atoms with Crippen LogP contribution in [0.3, 0.4) is 0 Å². The lowest BCUT2D eigenvalue weighted by molar-refractivity contribution is 0.0504. The maximum Gasteiger partial charge on any atom is 0.273 e. The van der Waals surface area contributed by atoms with Gasteiger partial charge in [-0.2, -0.15) is 0 Å². The third-order valence-corrected chi connectivity index (χ3v) is 13.0. The molecule has 2 aliphatic heterocycles. The molecule has 0 bridgehead atoms. The Kier molecular flexibility index (Phi) is 10.6. The minimum atomic E-state index is -3.25. The van der Waals surface area contributed by atoms with Crippen LogP contribution in [0.4, 0.5) is 28.9 Å². The van der Waals surface area contributed by atoms with Gasteiger partial charge < -0.3 is 19.9 Å². The van der Waals surface area contributed by atoms with Gasteiger partial charge in [-0.15, -0.1) is 11.3 Å². The highest BCUT2D eigenvalue weighted by Gasteiger charge is 2.36. The van der Waals surface area contributed by atoms with Crippen molar-refractivity contribution in [2.24, 2.45) is 0 Å². The van der Waals surface area contributed by atoms with Crippen molar-refractivity contribution in [1.29, 1.82) is 0 Å². The maximum atomic E-state index is 15.5. The summed E-state index contributed by atoms with van der Waals surface area (Å²) in [6, 6.07) is 9.57. The predicted octanol–water partition coefficient (Wildman–Crippen LogP) is 6.30. The summed E-state index contributed by atoms with van der Waals surface area (Å²) < 4.78 is 99.9. The first-order valence-corrected chi connectivity index (χ1v) is 20.3. The summed E-state index contributed by atoms with van der Waals surface area (Å²) in [6.07, 6.45) is -5.58. The molecule has 0 amide bonds. The van der Waals surface area contributed by atoms with E-state index in [9.17, 15) is 21.8 Å². The Morgan fingerprint density at radius 3 is 2.50 bits per heavy atom. The van der Waals surface area contributed by atoms with E-state index in [0.29, 0.717) is 58.3 Å². The monoisotopic (exact) mass is 699 g/mol. The number of ether oxygens (including phenoxy) is 1. The number of likely N-dealkylation sites (tertiary alicyclic amines) is 1. The molecule has 46 heavy (non-hydrogen) atoms. The van der Waals surface area contributed by atoms with Crippen molar-refractivity contribution in [3.05, 3.63) is 46.8 Å². The summed E-state index contributed by atoms with van der Waals surface area (Å²) in [4.78, 5) is 2.19. The van der Waals surface area contributed by atoms with E-state index in [4.69, 9.17) is 4.74 Å². The van der Waals surface area contributed by atoms with Crippen molar-refractivity contribution in [3.63, 3.8) is 0 Å². The van der Waals surface area contributed by atoms with Crippen LogP contribution in [0.5, 0.6) is 5.75 Å². The third kappa shape index (κ3) is 7.84. The highest BCUT2D eigenvalue weighted by atomic mass is 32.2. The summed E-state index contributed by atoms with van der Waals surface area (Å²) in [5.74, 6) is 6.48. The van der Waals surface area contributed by atoms with Crippen molar-refractivity contribution in [2.75, 3.05) is 62.2 Å². The lowest BCUT2D eigenvalue weighted by Gasteiger charge is -2.41. The molecule has 2 N–H and O–H groups in total. The van der Waals surface area contributed by atoms with Gasteiger partial charge in [-0.3, -0.25) is 4.90 Å². The van der Waals surface area contributed by atoms with Crippen molar-refractivity contribution < 1.29 is 35.3 Å². The predicted molar refractivity (Wildman–Crippen MR) is 179 cm³/mol. The summed E-state index contributed by atoms with van der Waals surface area (Å²) in [5, 5.41) is 7.31. The maximum absolute atomic E-state index is 15.5. The fourth-order valence-electron chi connectivity index (χ4n) is 6.03. The minimum Gasteiger partial charge on any atom is -0.495 e. The Morgan fingerprint density at radius 2 is 1.85 bits per heavy atom. The van der Waals surface area contributed by atoms with Crippen LogP contribution in [0.15, 0.2) is 36.4 Å². The standard InChI is InChI=1S/C32H38F4N3O4PS2/c1-43-27-18-21(44(2,3)40)9-10-25(27)37-14-5-8-28-29(30(34)32(35)36)22-6-4-7-26(31(22)45-28)38-24-11-15-39(19-23(24)33)20-12-16-46(41,42)17-13-20/h4,6-7,9-10,18,20,23-24,30,32,37-38H,11-17,19H2,1-3H3. The second-order valence-electron chi connectivity index (χ2n) is 12.1. The lowest BCUT2D eigenvalue weighted by Crippen LogP contribution is -2.52. The van der Waals surface area contributed by atoms with Crippen LogP contribution in [-0.4, -0.2) is 89.6 Å². The molecule has 2 fully saturated rings. The van der Waals surface area contributed by atoms with Gasteiger partial charge in [-0.1, -0.05) is 24.0 Å². The molecule has 0 radical (unpaired) electrons. The molecule has 3 unspecified atom stereocenters. The average molecular weight is 700 g/mol. The first-order valence-electron chi connectivity index (χ1n) is 15.1. The number of fused-ring (bicyclic) bond motifs is 1. The van der Waals surface area contributed by atoms with Crippen LogP contribution in [0.1, 0.15) is 35.9 Å². The van der Waals surface area contributed by atoms with Crippen LogP contribution in [0.2, 0.25) is 0 Å². The first kappa shape index (κ1) is 34.6. The van der Waals surface area contributed by atoms with Gasteiger partial charge in [0.05, 0.1) is 52.2 Å². The summed E-state index contributed by atoms with van der Waals surface area (Å²) in [5.41, 5.74) is 0.942. The number of sulfone groups is 1. The van der Waals surface area contributed by atoms with Crippen molar-refractivity contribution in [3.8, 4) is 17.6 Å². The van der Waals surface area contributed by atoms with E-state index < -0.39 is 41.8 Å². The average Bonchev–Trinajstić information content (AvgIpc) is 3.38. The van der Waals surface area contributed by atoms with Crippen molar-refractivity contribution >= 4 is 55.1 Å². The number of benzene rings is 2. The van der Waals surface area contributed by atoms with E-state index in [-0.39, 0.29) is 41.1 Å². The zero-order chi connectivity index (χ0) is 33.2. The molecule has 7 nitrogen and oxygen atoms in total. The Morgan fingerprint density at radius 1 is 1.11 bits per heavy atom. The zero-order valence-electron chi connectivity index (χ0n) is 25.9. The van der Waals surface area contributed by atoms with Gasteiger partial charge in [-0.05, 0) is 56.9 Å². The normalized spacial score (nSPS) is 21.5. The second-order valence-corrected chi connectivity index (χ2v) is 18.6. The molecule has 3 atom stereocenters. The van der Waals surface area contributed by atoms with E-state index in [0.717, 1.165) is 11.3 Å². The summed E-state index contributed by atoms with van der Waals surface area (Å²) in [6.45, 7) is 4.19. The molecule has 0 spiro atoms. The van der Waals surface area contributed by atoms with Crippen LogP contribution in [0, 0.1) is 11.8 Å². The number of anilines is 2. The van der Waals surface area contributed by atoms with E-state index >= 15 is 8.78 Å². The molecule has 2 aromatic carbocycles. The molecule has 2 aliphatic rings. The van der Waals surface area contributed by atoms with Gasteiger partial charge >= 0.3 is 0 Å². The van der Waals surface area contributed by atoms with Crippen LogP contribution < -0.4 is 20.7 Å². The molecule has 250 valence electrons. The Labute approximate surface area is 271 Å². The number of methoxy groups -OCH3 is 1. The van der Waals surface area contributed by atoms with E-state index in [2.05, 4.69) is 22.5 Å². The van der Waals surface area contributed by atoms with Gasteiger partial charge in [0, 0.05) is 35.4 Å². The van der Waals surface area contributed by atoms with Crippen LogP contribution in [-0.2, 0) is 14.4 Å². The minimum absolute atomic E-state index is 0.0317. The number of nitrogens with zero attached hydrogens (tertiary/aromatic N) is 1. The smallest absolute Gasteiger partial charge is 0.273 e. The zero-order valence-corrected chi connectivity index (χ0v) is 28.4. The van der Waals surface area contributed by atoms with E-state index in [1.807, 2.05) is 4.90 Å². The SMILES string of the molecule is COc1cc(P(C)(C)=O)ccc1NCC#Cc1sc2c(NC3CCN(C4CCS(=O)(=O)CC4)CC3F)cccc2c1C(F)C(F)F. The Bertz CT molecular complexity index is 1770.